The number of hydrogen-bond acceptors (Lipinski definition) is 5. The van der Waals surface area contributed by atoms with Crippen molar-refractivity contribution in [1.82, 2.24) is 15.1 Å². The van der Waals surface area contributed by atoms with E-state index >= 15 is 0 Å². The molecule has 1 aliphatic heterocycles. The first-order chi connectivity index (χ1) is 15.3. The van der Waals surface area contributed by atoms with Crippen LogP contribution in [0.5, 0.6) is 5.88 Å². The summed E-state index contributed by atoms with van der Waals surface area (Å²) in [5, 5.41) is 15.8. The number of amides is 3. The highest BCUT2D eigenvalue weighted by Crippen LogP contribution is 2.39. The number of benzene rings is 1. The highest BCUT2D eigenvalue weighted by molar-refractivity contribution is 7.91. The van der Waals surface area contributed by atoms with E-state index in [4.69, 9.17) is 9.88 Å². The number of carbonyl (C=O) groups excluding carboxylic acids is 2. The number of aromatic nitrogens is 2. The van der Waals surface area contributed by atoms with Crippen molar-refractivity contribution in [2.24, 2.45) is 9.50 Å². The van der Waals surface area contributed by atoms with E-state index in [1.54, 1.807) is 0 Å². The molecule has 10 nitrogen and oxygen atoms in total. The van der Waals surface area contributed by atoms with E-state index in [0.717, 1.165) is 55.3 Å². The summed E-state index contributed by atoms with van der Waals surface area (Å²) < 4.78 is 24.2. The quantitative estimate of drug-likeness (QED) is 0.641. The monoisotopic (exact) mass is 458 g/mol. The zero-order valence-electron chi connectivity index (χ0n) is 17.8. The molecule has 11 heteroatoms. The van der Waals surface area contributed by atoms with E-state index in [2.05, 4.69) is 26.2 Å². The van der Waals surface area contributed by atoms with Crippen molar-refractivity contribution in [1.29, 1.82) is 0 Å². The van der Waals surface area contributed by atoms with Crippen LogP contribution in [0.3, 0.4) is 0 Å². The second-order valence-electron chi connectivity index (χ2n) is 8.48. The lowest BCUT2D eigenvalue weighted by Crippen LogP contribution is -2.29. The Morgan fingerprint density at radius 2 is 1.94 bits per heavy atom. The number of rotatable bonds is 4. The maximum atomic E-state index is 13.2. The number of fused-ring (bicyclic) bond motifs is 3. The van der Waals surface area contributed by atoms with Crippen LogP contribution in [-0.4, -0.2) is 39.1 Å². The third-order valence-electron chi connectivity index (χ3n) is 6.30. The van der Waals surface area contributed by atoms with Crippen molar-refractivity contribution >= 4 is 27.5 Å². The van der Waals surface area contributed by atoms with Gasteiger partial charge in [0.1, 0.15) is 17.5 Å². The van der Waals surface area contributed by atoms with E-state index in [1.807, 2.05) is 0 Å². The highest BCUT2D eigenvalue weighted by Gasteiger charge is 2.32. The summed E-state index contributed by atoms with van der Waals surface area (Å²) in [5.74, 6) is 0.0462. The molecule has 0 bridgehead atoms. The summed E-state index contributed by atoms with van der Waals surface area (Å²) >= 11 is 0. The summed E-state index contributed by atoms with van der Waals surface area (Å²) in [6.07, 6.45) is 7.28. The number of aryl methyl sites for hydroxylation is 2. The third-order valence-corrected chi connectivity index (χ3v) is 7.65. The van der Waals surface area contributed by atoms with Crippen molar-refractivity contribution in [3.05, 3.63) is 34.5 Å². The molecule has 4 N–H and O–H groups in total. The Bertz CT molecular complexity index is 1210. The van der Waals surface area contributed by atoms with Crippen molar-refractivity contribution in [2.75, 3.05) is 18.5 Å². The van der Waals surface area contributed by atoms with Crippen LogP contribution in [0.25, 0.3) is 0 Å². The summed E-state index contributed by atoms with van der Waals surface area (Å²) in [7, 11) is -3.58. The van der Waals surface area contributed by atoms with Gasteiger partial charge in [-0.1, -0.05) is 6.07 Å². The average molecular weight is 459 g/mol. The first kappa shape index (κ1) is 21.0. The number of nitrogens with one attached hydrogen (secondary N) is 2. The lowest BCUT2D eigenvalue weighted by atomic mass is 9.99. The predicted octanol–water partition coefficient (Wildman–Crippen LogP) is 1.86. The predicted molar refractivity (Wildman–Crippen MR) is 118 cm³/mol. The number of carbonyl (C=O) groups is 2. The number of ether oxygens (including phenoxy) is 1. The van der Waals surface area contributed by atoms with E-state index in [-0.39, 0.29) is 29.3 Å². The molecule has 1 aromatic heterocycles. The van der Waals surface area contributed by atoms with Gasteiger partial charge in [0, 0.05) is 19.2 Å². The molecule has 2 unspecified atom stereocenters. The van der Waals surface area contributed by atoms with Gasteiger partial charge in [-0.3, -0.25) is 4.79 Å². The molecule has 1 aromatic carbocycles. The van der Waals surface area contributed by atoms with E-state index in [0.29, 0.717) is 6.54 Å². The Hall–Kier alpha value is -2.92. The molecule has 2 aliphatic carbocycles. The van der Waals surface area contributed by atoms with Gasteiger partial charge in [-0.15, -0.1) is 4.36 Å². The normalized spacial score (nSPS) is 20.0. The van der Waals surface area contributed by atoms with Gasteiger partial charge in [-0.05, 0) is 60.8 Å². The highest BCUT2D eigenvalue weighted by atomic mass is 32.2. The van der Waals surface area contributed by atoms with Gasteiger partial charge >= 0.3 is 6.03 Å². The smallest absolute Gasteiger partial charge is 0.354 e. The Balaban J connectivity index is 1.41. The Morgan fingerprint density at radius 3 is 2.59 bits per heavy atom. The van der Waals surface area contributed by atoms with E-state index < -0.39 is 15.9 Å². The van der Waals surface area contributed by atoms with Gasteiger partial charge in [-0.2, -0.15) is 5.10 Å². The lowest BCUT2D eigenvalue weighted by Gasteiger charge is -2.15. The van der Waals surface area contributed by atoms with Gasteiger partial charge < -0.3 is 15.4 Å². The molecule has 32 heavy (non-hydrogen) atoms. The third kappa shape index (κ3) is 3.65. The minimum Gasteiger partial charge on any atom is -0.475 e. The Morgan fingerprint density at radius 1 is 1.25 bits per heavy atom. The molecule has 2 aromatic rings. The molecule has 3 amide bonds. The van der Waals surface area contributed by atoms with E-state index in [9.17, 15) is 13.8 Å². The van der Waals surface area contributed by atoms with Crippen LogP contribution >= 0.6 is 0 Å². The van der Waals surface area contributed by atoms with Gasteiger partial charge in [0.2, 0.25) is 11.8 Å². The SMILES string of the molecule is CC(=O)NCC1COc2c(S(N)(=O)=NC(=O)Nc3c4c(cc5c3CCC5)CCC4)cnn21. The van der Waals surface area contributed by atoms with Gasteiger partial charge in [0.05, 0.1) is 6.20 Å². The molecule has 2 atom stereocenters. The minimum absolute atomic E-state index is 0.0708. The molecule has 3 aliphatic rings. The fourth-order valence-corrected chi connectivity index (χ4v) is 5.85. The van der Waals surface area contributed by atoms with Crippen molar-refractivity contribution in [2.45, 2.75) is 56.4 Å². The Labute approximate surface area is 186 Å². The molecule has 0 fully saturated rings. The van der Waals surface area contributed by atoms with Crippen LogP contribution < -0.4 is 20.5 Å². The number of anilines is 1. The summed E-state index contributed by atoms with van der Waals surface area (Å²) in [4.78, 5) is 24.1. The first-order valence-electron chi connectivity index (χ1n) is 10.8. The summed E-state index contributed by atoms with van der Waals surface area (Å²) in [6, 6.07) is 1.29. The van der Waals surface area contributed by atoms with Crippen molar-refractivity contribution in [3.8, 4) is 5.88 Å². The molecule has 2 heterocycles. The molecule has 5 rings (SSSR count). The molecule has 0 radical (unpaired) electrons. The van der Waals surface area contributed by atoms with Crippen LogP contribution in [0.4, 0.5) is 10.5 Å². The molecular formula is C21H26N6O4S. The van der Waals surface area contributed by atoms with Crippen LogP contribution in [0.1, 0.15) is 48.1 Å². The summed E-state index contributed by atoms with van der Waals surface area (Å²) in [5.41, 5.74) is 5.70. The maximum Gasteiger partial charge on any atom is 0.354 e. The minimum atomic E-state index is -3.58. The van der Waals surface area contributed by atoms with Crippen LogP contribution in [0.15, 0.2) is 21.5 Å². The first-order valence-corrected chi connectivity index (χ1v) is 12.4. The number of nitrogens with zero attached hydrogens (tertiary/aromatic N) is 3. The fourth-order valence-electron chi connectivity index (χ4n) is 4.86. The number of nitrogens with two attached hydrogens (primary N) is 1. The topological polar surface area (TPSA) is 141 Å². The largest absolute Gasteiger partial charge is 0.475 e. The number of hydrogen-bond donors (Lipinski definition) is 3. The number of urea groups is 1. The lowest BCUT2D eigenvalue weighted by molar-refractivity contribution is -0.119. The zero-order chi connectivity index (χ0) is 22.5. The Kier molecular flexibility index (Phi) is 5.17. The standard InChI is InChI=1S/C21H26N6O4S/c1-12(28)23-9-15-11-31-20-18(10-24-27(15)20)32(22,30)26-21(29)25-19-16-6-2-4-13(16)8-14-5-3-7-17(14)19/h8,10,15H,2-7,9,11H2,1H3,(H,23,28)(H3,22,25,26,29,30). The van der Waals surface area contributed by atoms with Crippen LogP contribution in [0, 0.1) is 0 Å². The second kappa shape index (κ2) is 7.89. The maximum absolute atomic E-state index is 13.2. The molecular weight excluding hydrogens is 432 g/mol. The molecule has 0 saturated heterocycles. The molecule has 170 valence electrons. The molecule has 0 spiro atoms. The molecule has 0 saturated carbocycles. The second-order valence-corrected chi connectivity index (χ2v) is 10.2. The van der Waals surface area contributed by atoms with Crippen LogP contribution in [0.2, 0.25) is 0 Å². The summed E-state index contributed by atoms with van der Waals surface area (Å²) in [6.45, 7) is 1.99. The fraction of sp³-hybridized carbons (Fsp3) is 0.476. The van der Waals surface area contributed by atoms with Crippen molar-refractivity contribution < 1.29 is 18.5 Å². The van der Waals surface area contributed by atoms with Crippen molar-refractivity contribution in [3.63, 3.8) is 0 Å². The van der Waals surface area contributed by atoms with Crippen LogP contribution in [-0.2, 0) is 40.4 Å². The van der Waals surface area contributed by atoms with E-state index in [1.165, 1.54) is 28.9 Å². The zero-order valence-corrected chi connectivity index (χ0v) is 18.7. The van der Waals surface area contributed by atoms with Gasteiger partial charge in [-0.25, -0.2) is 18.8 Å². The van der Waals surface area contributed by atoms with Gasteiger partial charge in [0.25, 0.3) is 0 Å². The van der Waals surface area contributed by atoms with Gasteiger partial charge in [0.15, 0.2) is 9.92 Å². The average Bonchev–Trinajstić information content (AvgIpc) is 3.49.